The maximum Gasteiger partial charge on any atom is 0.327 e. The third-order valence-corrected chi connectivity index (χ3v) is 4.39. The van der Waals surface area contributed by atoms with Crippen LogP contribution in [0, 0.1) is 0 Å². The molecule has 9 heteroatoms. The van der Waals surface area contributed by atoms with E-state index in [2.05, 4.69) is 5.32 Å². The van der Waals surface area contributed by atoms with Crippen LogP contribution in [0.3, 0.4) is 0 Å². The van der Waals surface area contributed by atoms with E-state index in [9.17, 15) is 22.2 Å². The standard InChI is InChI=1S/C9H17NO6S2/c1-7(11)10-8(9(12)13)6-17(14)4-3-5-18(2,15)16/h8H,3-6H2,1-2H3,(H,10,11)(H,12,13)/t8-,17?/m0/s1. The molecule has 0 spiro atoms. The molecular formula is C9H17NO6S2. The Hall–Kier alpha value is -0.960. The van der Waals surface area contributed by atoms with Crippen LogP contribution >= 0.6 is 0 Å². The number of nitrogens with one attached hydrogen (secondary N) is 1. The minimum Gasteiger partial charge on any atom is -0.480 e. The molecule has 2 atom stereocenters. The zero-order valence-corrected chi connectivity index (χ0v) is 11.8. The van der Waals surface area contributed by atoms with Gasteiger partial charge in [-0.25, -0.2) is 13.2 Å². The van der Waals surface area contributed by atoms with Crippen molar-refractivity contribution in [1.82, 2.24) is 5.32 Å². The molecule has 0 aromatic rings. The second kappa shape index (κ2) is 7.47. The predicted octanol–water partition coefficient (Wildman–Crippen LogP) is -1.24. The maximum atomic E-state index is 11.5. The Balaban J connectivity index is 4.19. The Morgan fingerprint density at radius 2 is 1.94 bits per heavy atom. The Morgan fingerprint density at radius 3 is 2.33 bits per heavy atom. The normalized spacial score (nSPS) is 14.8. The molecule has 106 valence electrons. The van der Waals surface area contributed by atoms with Gasteiger partial charge in [0.2, 0.25) is 5.91 Å². The minimum absolute atomic E-state index is 0.0867. The molecule has 0 saturated heterocycles. The second-order valence-electron chi connectivity index (χ2n) is 3.89. The molecule has 0 aromatic carbocycles. The van der Waals surface area contributed by atoms with Crippen molar-refractivity contribution in [1.29, 1.82) is 0 Å². The third kappa shape index (κ3) is 9.11. The molecule has 0 radical (unpaired) electrons. The number of aliphatic carboxylic acids is 1. The van der Waals surface area contributed by atoms with Crippen LogP contribution in [0.15, 0.2) is 0 Å². The largest absolute Gasteiger partial charge is 0.480 e. The zero-order valence-electron chi connectivity index (χ0n) is 10.2. The van der Waals surface area contributed by atoms with Gasteiger partial charge in [-0.1, -0.05) is 0 Å². The third-order valence-electron chi connectivity index (χ3n) is 1.92. The van der Waals surface area contributed by atoms with Crippen LogP contribution in [0.1, 0.15) is 13.3 Å². The Kier molecular flexibility index (Phi) is 7.07. The van der Waals surface area contributed by atoms with Gasteiger partial charge in [0, 0.05) is 29.7 Å². The Morgan fingerprint density at radius 1 is 1.39 bits per heavy atom. The van der Waals surface area contributed by atoms with Gasteiger partial charge in [-0.2, -0.15) is 0 Å². The first kappa shape index (κ1) is 17.0. The summed E-state index contributed by atoms with van der Waals surface area (Å²) in [6.45, 7) is 1.17. The van der Waals surface area contributed by atoms with Crippen molar-refractivity contribution >= 4 is 32.5 Å². The average molecular weight is 299 g/mol. The van der Waals surface area contributed by atoms with Crippen molar-refractivity contribution in [2.75, 3.05) is 23.5 Å². The summed E-state index contributed by atoms with van der Waals surface area (Å²) in [6, 6.07) is -1.21. The lowest BCUT2D eigenvalue weighted by atomic mass is 10.3. The smallest absolute Gasteiger partial charge is 0.327 e. The summed E-state index contributed by atoms with van der Waals surface area (Å²) in [4.78, 5) is 21.5. The molecule has 2 N–H and O–H groups in total. The van der Waals surface area contributed by atoms with E-state index in [4.69, 9.17) is 5.11 Å². The summed E-state index contributed by atoms with van der Waals surface area (Å²) < 4.78 is 33.2. The summed E-state index contributed by atoms with van der Waals surface area (Å²) in [5, 5.41) is 10.9. The average Bonchev–Trinajstić information content (AvgIpc) is 2.13. The molecule has 0 aliphatic carbocycles. The first-order valence-electron chi connectivity index (χ1n) is 5.14. The van der Waals surface area contributed by atoms with Crippen molar-refractivity contribution in [3.63, 3.8) is 0 Å². The SMILES string of the molecule is CC(=O)N[C@@H](CS(=O)CCCS(C)(=O)=O)C(=O)O. The van der Waals surface area contributed by atoms with Gasteiger partial charge in [-0.05, 0) is 6.42 Å². The van der Waals surface area contributed by atoms with Gasteiger partial charge < -0.3 is 10.4 Å². The van der Waals surface area contributed by atoms with E-state index < -0.39 is 38.6 Å². The van der Waals surface area contributed by atoms with Gasteiger partial charge in [-0.15, -0.1) is 0 Å². The van der Waals surface area contributed by atoms with E-state index >= 15 is 0 Å². The lowest BCUT2D eigenvalue weighted by Gasteiger charge is -2.12. The number of rotatable bonds is 8. The number of hydrogen-bond acceptors (Lipinski definition) is 5. The fraction of sp³-hybridized carbons (Fsp3) is 0.778. The number of carbonyl (C=O) groups excluding carboxylic acids is 1. The van der Waals surface area contributed by atoms with Crippen molar-refractivity contribution < 1.29 is 27.3 Å². The van der Waals surface area contributed by atoms with Crippen molar-refractivity contribution in [2.45, 2.75) is 19.4 Å². The highest BCUT2D eigenvalue weighted by Gasteiger charge is 2.21. The van der Waals surface area contributed by atoms with Crippen LogP contribution in [-0.4, -0.2) is 59.2 Å². The summed E-state index contributed by atoms with van der Waals surface area (Å²) >= 11 is 0. The minimum atomic E-state index is -3.10. The molecule has 0 aliphatic rings. The molecule has 0 fully saturated rings. The first-order valence-corrected chi connectivity index (χ1v) is 8.69. The zero-order chi connectivity index (χ0) is 14.3. The molecular weight excluding hydrogens is 282 g/mol. The molecule has 0 rings (SSSR count). The Bertz CT molecular complexity index is 430. The van der Waals surface area contributed by atoms with E-state index in [1.165, 1.54) is 6.92 Å². The Labute approximate surface area is 108 Å². The monoisotopic (exact) mass is 299 g/mol. The topological polar surface area (TPSA) is 118 Å². The van der Waals surface area contributed by atoms with Crippen molar-refractivity contribution in [3.05, 3.63) is 0 Å². The lowest BCUT2D eigenvalue weighted by molar-refractivity contribution is -0.140. The van der Waals surface area contributed by atoms with Gasteiger partial charge in [0.1, 0.15) is 15.9 Å². The highest BCUT2D eigenvalue weighted by Crippen LogP contribution is 1.96. The van der Waals surface area contributed by atoms with Crippen LogP contribution < -0.4 is 5.32 Å². The van der Waals surface area contributed by atoms with Gasteiger partial charge in [0.05, 0.1) is 11.5 Å². The van der Waals surface area contributed by atoms with E-state index in [-0.39, 0.29) is 23.7 Å². The number of carbonyl (C=O) groups is 2. The van der Waals surface area contributed by atoms with Gasteiger partial charge >= 0.3 is 5.97 Å². The summed E-state index contributed by atoms with van der Waals surface area (Å²) in [7, 11) is -4.59. The van der Waals surface area contributed by atoms with Crippen LogP contribution in [0.5, 0.6) is 0 Å². The molecule has 1 unspecified atom stereocenters. The second-order valence-corrected chi connectivity index (χ2v) is 7.77. The summed E-state index contributed by atoms with van der Waals surface area (Å²) in [5.41, 5.74) is 0. The van der Waals surface area contributed by atoms with Crippen LogP contribution in [0.2, 0.25) is 0 Å². The fourth-order valence-electron chi connectivity index (χ4n) is 1.17. The highest BCUT2D eigenvalue weighted by molar-refractivity contribution is 7.90. The lowest BCUT2D eigenvalue weighted by Crippen LogP contribution is -2.43. The molecule has 7 nitrogen and oxygen atoms in total. The highest BCUT2D eigenvalue weighted by atomic mass is 32.2. The maximum absolute atomic E-state index is 11.5. The van der Waals surface area contributed by atoms with Crippen molar-refractivity contribution in [2.24, 2.45) is 0 Å². The van der Waals surface area contributed by atoms with E-state index in [1.807, 2.05) is 0 Å². The molecule has 0 aliphatic heterocycles. The molecule has 0 saturated carbocycles. The van der Waals surface area contributed by atoms with Crippen LogP contribution in [-0.2, 0) is 30.2 Å². The number of amides is 1. The first-order chi connectivity index (χ1) is 8.11. The summed E-state index contributed by atoms with van der Waals surface area (Å²) in [6.07, 6.45) is 1.28. The molecule has 0 bridgehead atoms. The van der Waals surface area contributed by atoms with Crippen LogP contribution in [0.25, 0.3) is 0 Å². The van der Waals surface area contributed by atoms with Crippen molar-refractivity contribution in [3.8, 4) is 0 Å². The van der Waals surface area contributed by atoms with Gasteiger partial charge in [-0.3, -0.25) is 9.00 Å². The molecule has 0 aromatic heterocycles. The number of carboxylic acid groups (broad SMARTS) is 1. The molecule has 0 heterocycles. The van der Waals surface area contributed by atoms with E-state index in [0.717, 1.165) is 6.26 Å². The molecule has 18 heavy (non-hydrogen) atoms. The van der Waals surface area contributed by atoms with Gasteiger partial charge in [0.15, 0.2) is 0 Å². The number of sulfone groups is 1. The summed E-state index contributed by atoms with van der Waals surface area (Å²) in [5.74, 6) is -2.00. The predicted molar refractivity (Wildman–Crippen MR) is 67.4 cm³/mol. The number of hydrogen-bond donors (Lipinski definition) is 2. The van der Waals surface area contributed by atoms with Gasteiger partial charge in [0.25, 0.3) is 0 Å². The molecule has 1 amide bonds. The van der Waals surface area contributed by atoms with E-state index in [1.54, 1.807) is 0 Å². The van der Waals surface area contributed by atoms with Crippen LogP contribution in [0.4, 0.5) is 0 Å². The fourth-order valence-corrected chi connectivity index (χ4v) is 3.25. The number of carboxylic acids is 1. The quantitative estimate of drug-likeness (QED) is 0.579. The van der Waals surface area contributed by atoms with E-state index in [0.29, 0.717) is 0 Å².